The van der Waals surface area contributed by atoms with Crippen molar-refractivity contribution >= 4 is 0 Å². The largest absolute Gasteiger partial charge is 0.388 e. The van der Waals surface area contributed by atoms with Crippen molar-refractivity contribution in [2.45, 2.75) is 37.6 Å². The predicted octanol–water partition coefficient (Wildman–Crippen LogP) is -0.494. The minimum absolute atomic E-state index is 0.0498. The molecule has 0 spiro atoms. The number of fused-ring (bicyclic) bond motifs is 1. The van der Waals surface area contributed by atoms with Crippen LogP contribution < -0.4 is 0 Å². The van der Waals surface area contributed by atoms with Crippen LogP contribution in [-0.2, 0) is 14.2 Å². The molecule has 0 aromatic rings. The van der Waals surface area contributed by atoms with Gasteiger partial charge in [-0.1, -0.05) is 0 Å². The molecule has 2 aliphatic heterocycles. The van der Waals surface area contributed by atoms with E-state index in [1.165, 1.54) is 0 Å². The number of hydrogen-bond donors (Lipinski definition) is 1. The van der Waals surface area contributed by atoms with Gasteiger partial charge in [0.05, 0.1) is 6.10 Å². The monoisotopic (exact) mass is 160 g/mol. The van der Waals surface area contributed by atoms with E-state index in [1.807, 2.05) is 6.92 Å². The first-order valence-corrected chi connectivity index (χ1v) is 3.76. The van der Waals surface area contributed by atoms with Crippen LogP contribution in [0.5, 0.6) is 0 Å². The Hall–Kier alpha value is -0.160. The van der Waals surface area contributed by atoms with Gasteiger partial charge in [-0.15, -0.1) is 0 Å². The second-order valence-electron chi connectivity index (χ2n) is 3.00. The van der Waals surface area contributed by atoms with Crippen LogP contribution in [-0.4, -0.2) is 42.9 Å². The first-order valence-electron chi connectivity index (χ1n) is 3.76. The van der Waals surface area contributed by atoms with E-state index < -0.39 is 6.10 Å². The molecule has 4 nitrogen and oxygen atoms in total. The van der Waals surface area contributed by atoms with Crippen molar-refractivity contribution in [3.05, 3.63) is 0 Å². The van der Waals surface area contributed by atoms with E-state index in [9.17, 15) is 5.11 Å². The number of ether oxygens (including phenoxy) is 3. The third-order valence-corrected chi connectivity index (χ3v) is 2.23. The van der Waals surface area contributed by atoms with Crippen LogP contribution in [0.15, 0.2) is 0 Å². The normalized spacial score (nSPS) is 55.4. The van der Waals surface area contributed by atoms with E-state index in [1.54, 1.807) is 7.11 Å². The van der Waals surface area contributed by atoms with E-state index in [4.69, 9.17) is 14.2 Å². The average Bonchev–Trinajstić information content (AvgIpc) is 2.76. The van der Waals surface area contributed by atoms with Crippen molar-refractivity contribution in [1.82, 2.24) is 0 Å². The number of methoxy groups -OCH3 is 1. The first-order chi connectivity index (χ1) is 5.24. The Morgan fingerprint density at radius 2 is 2.00 bits per heavy atom. The maximum Gasteiger partial charge on any atom is 0.186 e. The van der Waals surface area contributed by atoms with Crippen LogP contribution in [0.2, 0.25) is 0 Å². The predicted molar refractivity (Wildman–Crippen MR) is 36.0 cm³/mol. The van der Waals surface area contributed by atoms with E-state index in [-0.39, 0.29) is 24.6 Å². The van der Waals surface area contributed by atoms with E-state index in [0.717, 1.165) is 0 Å². The molecular formula is C7H12O4. The summed E-state index contributed by atoms with van der Waals surface area (Å²) < 4.78 is 15.5. The van der Waals surface area contributed by atoms with Crippen LogP contribution >= 0.6 is 0 Å². The fourth-order valence-electron chi connectivity index (χ4n) is 1.46. The third-order valence-electron chi connectivity index (χ3n) is 2.23. The maximum absolute atomic E-state index is 9.40. The Labute approximate surface area is 65.1 Å². The highest BCUT2D eigenvalue weighted by Gasteiger charge is 2.56. The second kappa shape index (κ2) is 2.42. The van der Waals surface area contributed by atoms with Gasteiger partial charge in [-0.05, 0) is 6.92 Å². The van der Waals surface area contributed by atoms with Gasteiger partial charge in [0.2, 0.25) is 0 Å². The van der Waals surface area contributed by atoms with Crippen LogP contribution in [0, 0.1) is 0 Å². The lowest BCUT2D eigenvalue weighted by Crippen LogP contribution is -2.43. The minimum atomic E-state index is -0.494. The molecule has 0 aromatic carbocycles. The fourth-order valence-corrected chi connectivity index (χ4v) is 1.46. The Bertz CT molecular complexity index is 157. The topological polar surface area (TPSA) is 51.2 Å². The van der Waals surface area contributed by atoms with Crippen molar-refractivity contribution in [3.8, 4) is 0 Å². The van der Waals surface area contributed by atoms with Gasteiger partial charge in [-0.2, -0.15) is 0 Å². The zero-order chi connectivity index (χ0) is 8.01. The molecule has 0 amide bonds. The maximum atomic E-state index is 9.40. The standard InChI is InChI=1S/C7H12O4/c1-3-4(8)5-6(11-5)7(9-2)10-3/h3-8H,1-2H3/t3-,4-,5-,6-,7+/m0/s1. The molecule has 4 heteroatoms. The van der Waals surface area contributed by atoms with Crippen molar-refractivity contribution in [2.24, 2.45) is 0 Å². The molecule has 0 aliphatic carbocycles. The summed E-state index contributed by atoms with van der Waals surface area (Å²) in [5.41, 5.74) is 0. The molecule has 0 bridgehead atoms. The van der Waals surface area contributed by atoms with Gasteiger partial charge in [0.1, 0.15) is 18.3 Å². The Balaban J connectivity index is 2.02. The summed E-state index contributed by atoms with van der Waals surface area (Å²) in [6, 6.07) is 0. The Kier molecular flexibility index (Phi) is 1.64. The van der Waals surface area contributed by atoms with Gasteiger partial charge >= 0.3 is 0 Å². The van der Waals surface area contributed by atoms with E-state index >= 15 is 0 Å². The van der Waals surface area contributed by atoms with Gasteiger partial charge < -0.3 is 19.3 Å². The van der Waals surface area contributed by atoms with Gasteiger partial charge in [0.25, 0.3) is 0 Å². The highest BCUT2D eigenvalue weighted by Crippen LogP contribution is 2.37. The second-order valence-corrected chi connectivity index (χ2v) is 3.00. The zero-order valence-corrected chi connectivity index (χ0v) is 6.56. The number of hydrogen-bond acceptors (Lipinski definition) is 4. The molecule has 2 saturated heterocycles. The summed E-state index contributed by atoms with van der Waals surface area (Å²) in [4.78, 5) is 0. The van der Waals surface area contributed by atoms with Gasteiger partial charge in [-0.3, -0.25) is 0 Å². The molecule has 2 fully saturated rings. The molecule has 2 heterocycles. The average molecular weight is 160 g/mol. The number of aliphatic hydroxyl groups is 1. The molecule has 64 valence electrons. The summed E-state index contributed by atoms with van der Waals surface area (Å²) in [5, 5.41) is 9.40. The fraction of sp³-hybridized carbons (Fsp3) is 1.00. The van der Waals surface area contributed by atoms with Crippen molar-refractivity contribution in [1.29, 1.82) is 0 Å². The molecule has 0 saturated carbocycles. The smallest absolute Gasteiger partial charge is 0.186 e. The molecule has 0 radical (unpaired) electrons. The summed E-state index contributed by atoms with van der Waals surface area (Å²) >= 11 is 0. The molecule has 1 N–H and O–H groups in total. The van der Waals surface area contributed by atoms with Crippen LogP contribution in [0.4, 0.5) is 0 Å². The highest BCUT2D eigenvalue weighted by atomic mass is 16.7. The Morgan fingerprint density at radius 3 is 2.64 bits per heavy atom. The lowest BCUT2D eigenvalue weighted by molar-refractivity contribution is -0.193. The molecule has 0 aromatic heterocycles. The van der Waals surface area contributed by atoms with Gasteiger partial charge in [0.15, 0.2) is 6.29 Å². The molecule has 0 unspecified atom stereocenters. The van der Waals surface area contributed by atoms with E-state index in [2.05, 4.69) is 0 Å². The number of aliphatic hydroxyl groups excluding tert-OH is 1. The summed E-state index contributed by atoms with van der Waals surface area (Å²) in [7, 11) is 1.58. The van der Waals surface area contributed by atoms with Crippen LogP contribution in [0.3, 0.4) is 0 Å². The minimum Gasteiger partial charge on any atom is -0.388 e. The molecular weight excluding hydrogens is 148 g/mol. The molecule has 2 aliphatic rings. The molecule has 5 atom stereocenters. The quantitative estimate of drug-likeness (QED) is 0.526. The molecule has 11 heavy (non-hydrogen) atoms. The van der Waals surface area contributed by atoms with Gasteiger partial charge in [0, 0.05) is 7.11 Å². The Morgan fingerprint density at radius 1 is 1.27 bits per heavy atom. The lowest BCUT2D eigenvalue weighted by Gasteiger charge is -2.27. The van der Waals surface area contributed by atoms with Crippen LogP contribution in [0.25, 0.3) is 0 Å². The van der Waals surface area contributed by atoms with E-state index in [0.29, 0.717) is 0 Å². The van der Waals surface area contributed by atoms with Crippen molar-refractivity contribution in [3.63, 3.8) is 0 Å². The summed E-state index contributed by atoms with van der Waals surface area (Å²) in [6.07, 6.45) is -1.09. The highest BCUT2D eigenvalue weighted by molar-refractivity contribution is 4.99. The molecule has 2 rings (SSSR count). The van der Waals surface area contributed by atoms with Gasteiger partial charge in [-0.25, -0.2) is 0 Å². The number of epoxide rings is 1. The summed E-state index contributed by atoms with van der Waals surface area (Å²) in [6.45, 7) is 1.81. The van der Waals surface area contributed by atoms with Crippen LogP contribution in [0.1, 0.15) is 6.92 Å². The van der Waals surface area contributed by atoms with Crippen molar-refractivity contribution < 1.29 is 19.3 Å². The third kappa shape index (κ3) is 1.06. The SMILES string of the molecule is CO[C@@H]1O[C@@H](C)[C@H](O)[C@@H]2O[C@H]12. The lowest BCUT2D eigenvalue weighted by atomic mass is 10.1. The summed E-state index contributed by atoms with van der Waals surface area (Å²) in [5.74, 6) is 0. The van der Waals surface area contributed by atoms with Crippen molar-refractivity contribution in [2.75, 3.05) is 7.11 Å². The zero-order valence-electron chi connectivity index (χ0n) is 6.56. The number of rotatable bonds is 1. The first kappa shape index (κ1) is 7.49.